The van der Waals surface area contributed by atoms with E-state index in [-0.39, 0.29) is 0 Å². The second kappa shape index (κ2) is 5.56. The maximum atomic E-state index is 5.87. The quantitative estimate of drug-likeness (QED) is 0.800. The molecule has 102 valence electrons. The molecule has 0 radical (unpaired) electrons. The molecule has 0 unspecified atom stereocenters. The molecule has 0 aliphatic rings. The number of hydrogen-bond donors (Lipinski definition) is 1. The molecule has 20 heavy (non-hydrogen) atoms. The second-order valence-corrected chi connectivity index (χ2v) is 5.41. The van der Waals surface area contributed by atoms with Gasteiger partial charge in [-0.2, -0.15) is 0 Å². The van der Waals surface area contributed by atoms with E-state index in [0.717, 1.165) is 34.4 Å². The number of benzene rings is 1. The Morgan fingerprint density at radius 1 is 1.25 bits per heavy atom. The van der Waals surface area contributed by atoms with Crippen molar-refractivity contribution < 1.29 is 0 Å². The highest BCUT2D eigenvalue weighted by atomic mass is 32.1. The standard InChI is InChI=1S/C15H16N4S/c1-19(8-12-9-20-10-18-12)15-11(6-16)7-17-14-5-3-2-4-13(14)15/h2-5,7,9-10H,6,8,16H2,1H3. The Labute approximate surface area is 121 Å². The highest BCUT2D eigenvalue weighted by molar-refractivity contribution is 7.07. The Bertz CT molecular complexity index is 709. The number of fused-ring (bicyclic) bond motifs is 1. The van der Waals surface area contributed by atoms with Gasteiger partial charge in [0.1, 0.15) is 0 Å². The summed E-state index contributed by atoms with van der Waals surface area (Å²) in [5.41, 5.74) is 12.0. The highest BCUT2D eigenvalue weighted by Crippen LogP contribution is 2.29. The van der Waals surface area contributed by atoms with E-state index in [1.807, 2.05) is 29.9 Å². The van der Waals surface area contributed by atoms with Gasteiger partial charge in [-0.25, -0.2) is 4.98 Å². The lowest BCUT2D eigenvalue weighted by Gasteiger charge is -2.23. The lowest BCUT2D eigenvalue weighted by Crippen LogP contribution is -2.19. The SMILES string of the molecule is CN(Cc1cscn1)c1c(CN)cnc2ccccc12. The molecule has 0 aliphatic heterocycles. The molecule has 2 heterocycles. The highest BCUT2D eigenvalue weighted by Gasteiger charge is 2.13. The van der Waals surface area contributed by atoms with Gasteiger partial charge in [-0.1, -0.05) is 18.2 Å². The first-order valence-electron chi connectivity index (χ1n) is 6.44. The van der Waals surface area contributed by atoms with Gasteiger partial charge in [0.05, 0.1) is 29.0 Å². The van der Waals surface area contributed by atoms with Crippen LogP contribution in [0.15, 0.2) is 41.4 Å². The summed E-state index contributed by atoms with van der Waals surface area (Å²) in [6.45, 7) is 1.25. The molecule has 3 aromatic rings. The zero-order chi connectivity index (χ0) is 13.9. The fourth-order valence-electron chi connectivity index (χ4n) is 2.41. The van der Waals surface area contributed by atoms with Gasteiger partial charge in [0, 0.05) is 36.1 Å². The van der Waals surface area contributed by atoms with Crippen LogP contribution in [0, 0.1) is 0 Å². The Morgan fingerprint density at radius 2 is 2.10 bits per heavy atom. The maximum absolute atomic E-state index is 5.87. The summed E-state index contributed by atoms with van der Waals surface area (Å²) in [5, 5.41) is 3.20. The van der Waals surface area contributed by atoms with Crippen molar-refractivity contribution in [2.24, 2.45) is 5.73 Å². The van der Waals surface area contributed by atoms with Crippen molar-refractivity contribution in [2.75, 3.05) is 11.9 Å². The average molecular weight is 284 g/mol. The number of anilines is 1. The van der Waals surface area contributed by atoms with Gasteiger partial charge in [-0.15, -0.1) is 11.3 Å². The van der Waals surface area contributed by atoms with Gasteiger partial charge in [-0.05, 0) is 6.07 Å². The minimum atomic E-state index is 0.481. The van der Waals surface area contributed by atoms with Gasteiger partial charge in [0.25, 0.3) is 0 Å². The summed E-state index contributed by atoms with van der Waals surface area (Å²) in [6, 6.07) is 8.15. The van der Waals surface area contributed by atoms with E-state index in [2.05, 4.69) is 33.4 Å². The number of aromatic nitrogens is 2. The molecule has 0 amide bonds. The number of pyridine rings is 1. The molecule has 2 N–H and O–H groups in total. The predicted molar refractivity (Wildman–Crippen MR) is 83.9 cm³/mol. The molecule has 0 aliphatic carbocycles. The topological polar surface area (TPSA) is 55.0 Å². The van der Waals surface area contributed by atoms with Crippen LogP contribution in [0.1, 0.15) is 11.3 Å². The van der Waals surface area contributed by atoms with Crippen molar-refractivity contribution in [1.29, 1.82) is 0 Å². The van der Waals surface area contributed by atoms with Crippen LogP contribution in [0.3, 0.4) is 0 Å². The lowest BCUT2D eigenvalue weighted by molar-refractivity contribution is 0.883. The summed E-state index contributed by atoms with van der Waals surface area (Å²) in [5.74, 6) is 0. The Balaban J connectivity index is 2.08. The third-order valence-electron chi connectivity index (χ3n) is 3.31. The van der Waals surface area contributed by atoms with Crippen LogP contribution < -0.4 is 10.6 Å². The molecule has 2 aromatic heterocycles. The van der Waals surface area contributed by atoms with Gasteiger partial charge in [0.15, 0.2) is 0 Å². The molecular formula is C15H16N4S. The Hall–Kier alpha value is -1.98. The number of thiazole rings is 1. The molecular weight excluding hydrogens is 268 g/mol. The molecule has 4 nitrogen and oxygen atoms in total. The van der Waals surface area contributed by atoms with Crippen LogP contribution in [0.5, 0.6) is 0 Å². The second-order valence-electron chi connectivity index (χ2n) is 4.69. The minimum absolute atomic E-state index is 0.481. The molecule has 1 aromatic carbocycles. The minimum Gasteiger partial charge on any atom is -0.368 e. The molecule has 0 fully saturated rings. The first kappa shape index (κ1) is 13.0. The van der Waals surface area contributed by atoms with Crippen LogP contribution in [-0.4, -0.2) is 17.0 Å². The lowest BCUT2D eigenvalue weighted by atomic mass is 10.1. The van der Waals surface area contributed by atoms with Crippen LogP contribution in [0.2, 0.25) is 0 Å². The molecule has 3 rings (SSSR count). The fourth-order valence-corrected chi connectivity index (χ4v) is 2.96. The first-order chi connectivity index (χ1) is 9.79. The molecule has 0 spiro atoms. The van der Waals surface area contributed by atoms with Crippen LogP contribution in [0.25, 0.3) is 10.9 Å². The molecule has 0 atom stereocenters. The normalized spacial score (nSPS) is 10.9. The number of nitrogens with zero attached hydrogens (tertiary/aromatic N) is 3. The Morgan fingerprint density at radius 3 is 2.85 bits per heavy atom. The van der Waals surface area contributed by atoms with Gasteiger partial charge in [0.2, 0.25) is 0 Å². The van der Waals surface area contributed by atoms with E-state index in [4.69, 9.17) is 5.73 Å². The van der Waals surface area contributed by atoms with Crippen molar-refractivity contribution in [3.8, 4) is 0 Å². The summed E-state index contributed by atoms with van der Waals surface area (Å²) < 4.78 is 0. The third-order valence-corrected chi connectivity index (χ3v) is 3.94. The Kier molecular flexibility index (Phi) is 3.62. The van der Waals surface area contributed by atoms with E-state index in [0.29, 0.717) is 6.54 Å². The van der Waals surface area contributed by atoms with Crippen molar-refractivity contribution in [1.82, 2.24) is 9.97 Å². The smallest absolute Gasteiger partial charge is 0.0795 e. The largest absolute Gasteiger partial charge is 0.368 e. The monoisotopic (exact) mass is 284 g/mol. The third kappa shape index (κ3) is 2.37. The number of hydrogen-bond acceptors (Lipinski definition) is 5. The van der Waals surface area contributed by atoms with Gasteiger partial charge >= 0.3 is 0 Å². The molecule has 0 saturated heterocycles. The molecule has 0 saturated carbocycles. The molecule has 0 bridgehead atoms. The van der Waals surface area contributed by atoms with E-state index < -0.39 is 0 Å². The van der Waals surface area contributed by atoms with Gasteiger partial charge < -0.3 is 10.6 Å². The van der Waals surface area contributed by atoms with E-state index in [1.54, 1.807) is 11.3 Å². The van der Waals surface area contributed by atoms with Crippen LogP contribution in [0.4, 0.5) is 5.69 Å². The van der Waals surface area contributed by atoms with Crippen molar-refractivity contribution in [3.05, 3.63) is 52.6 Å². The predicted octanol–water partition coefficient (Wildman–Crippen LogP) is 2.79. The van der Waals surface area contributed by atoms with E-state index >= 15 is 0 Å². The van der Waals surface area contributed by atoms with Crippen molar-refractivity contribution in [3.63, 3.8) is 0 Å². The number of nitrogens with two attached hydrogens (primary N) is 1. The van der Waals surface area contributed by atoms with E-state index in [9.17, 15) is 0 Å². The average Bonchev–Trinajstić information content (AvgIpc) is 2.98. The number of para-hydroxylation sites is 1. The first-order valence-corrected chi connectivity index (χ1v) is 7.38. The van der Waals surface area contributed by atoms with E-state index in [1.165, 1.54) is 0 Å². The van der Waals surface area contributed by atoms with Crippen molar-refractivity contribution >= 4 is 27.9 Å². The van der Waals surface area contributed by atoms with Crippen LogP contribution >= 0.6 is 11.3 Å². The zero-order valence-electron chi connectivity index (χ0n) is 11.3. The van der Waals surface area contributed by atoms with Crippen molar-refractivity contribution in [2.45, 2.75) is 13.1 Å². The summed E-state index contributed by atoms with van der Waals surface area (Å²) in [4.78, 5) is 11.0. The molecule has 5 heteroatoms. The zero-order valence-corrected chi connectivity index (χ0v) is 12.1. The summed E-state index contributed by atoms with van der Waals surface area (Å²) in [7, 11) is 2.07. The van der Waals surface area contributed by atoms with Gasteiger partial charge in [-0.3, -0.25) is 4.98 Å². The number of rotatable bonds is 4. The van der Waals surface area contributed by atoms with Crippen LogP contribution in [-0.2, 0) is 13.1 Å². The summed E-state index contributed by atoms with van der Waals surface area (Å²) >= 11 is 1.62. The maximum Gasteiger partial charge on any atom is 0.0795 e. The fraction of sp³-hybridized carbons (Fsp3) is 0.200. The summed E-state index contributed by atoms with van der Waals surface area (Å²) in [6.07, 6.45) is 1.87.